The monoisotopic (exact) mass is 385 g/mol. The number of rotatable bonds is 7. The van der Waals surface area contributed by atoms with Gasteiger partial charge in [-0.2, -0.15) is 11.8 Å². The average Bonchev–Trinajstić information content (AvgIpc) is 2.70. The summed E-state index contributed by atoms with van der Waals surface area (Å²) in [5.74, 6) is 0.0775. The van der Waals surface area contributed by atoms with Gasteiger partial charge in [0.05, 0.1) is 0 Å². The van der Waals surface area contributed by atoms with E-state index in [9.17, 15) is 14.7 Å². The standard InChI is InChI=1S/C21H23NO4S/c23-18(22-21(20(24)25)11-13-27-14-12-21)15-26-19(16-7-3-1-4-8-16)17-9-5-2-6-10-17/h1-10,19H,11-15H2,(H,22,23)(H,24,25). The fraction of sp³-hybridized carbons (Fsp3) is 0.333. The summed E-state index contributed by atoms with van der Waals surface area (Å²) in [6, 6.07) is 19.4. The lowest BCUT2D eigenvalue weighted by atomic mass is 9.92. The van der Waals surface area contributed by atoms with E-state index in [-0.39, 0.29) is 12.7 Å². The molecule has 142 valence electrons. The minimum atomic E-state index is -1.18. The van der Waals surface area contributed by atoms with Crippen LogP contribution in [0.5, 0.6) is 0 Å². The molecule has 1 saturated heterocycles. The van der Waals surface area contributed by atoms with Gasteiger partial charge in [0, 0.05) is 0 Å². The molecule has 1 fully saturated rings. The summed E-state index contributed by atoms with van der Waals surface area (Å²) in [7, 11) is 0. The predicted molar refractivity (Wildman–Crippen MR) is 106 cm³/mol. The number of carbonyl (C=O) groups excluding carboxylic acids is 1. The van der Waals surface area contributed by atoms with Crippen LogP contribution in [0.25, 0.3) is 0 Å². The van der Waals surface area contributed by atoms with E-state index in [1.54, 1.807) is 11.8 Å². The summed E-state index contributed by atoms with van der Waals surface area (Å²) < 4.78 is 5.93. The van der Waals surface area contributed by atoms with Gasteiger partial charge >= 0.3 is 5.97 Å². The normalized spacial score (nSPS) is 16.0. The number of hydrogen-bond donors (Lipinski definition) is 2. The van der Waals surface area contributed by atoms with Crippen molar-refractivity contribution in [3.05, 3.63) is 71.8 Å². The van der Waals surface area contributed by atoms with Gasteiger partial charge in [-0.25, -0.2) is 4.79 Å². The maximum atomic E-state index is 12.5. The van der Waals surface area contributed by atoms with E-state index in [1.165, 1.54) is 0 Å². The molecule has 2 aromatic rings. The lowest BCUT2D eigenvalue weighted by molar-refractivity contribution is -0.149. The number of carboxylic acids is 1. The molecule has 3 rings (SSSR count). The Kier molecular flexibility index (Phi) is 6.53. The van der Waals surface area contributed by atoms with Gasteiger partial charge in [-0.3, -0.25) is 4.79 Å². The molecule has 27 heavy (non-hydrogen) atoms. The number of amides is 1. The Morgan fingerprint density at radius 3 is 2.00 bits per heavy atom. The van der Waals surface area contributed by atoms with Crippen LogP contribution in [-0.2, 0) is 14.3 Å². The highest BCUT2D eigenvalue weighted by atomic mass is 32.2. The molecule has 1 aliphatic heterocycles. The van der Waals surface area contributed by atoms with Crippen molar-refractivity contribution in [2.45, 2.75) is 24.5 Å². The minimum absolute atomic E-state index is 0.198. The molecule has 0 unspecified atom stereocenters. The Bertz CT molecular complexity index is 721. The van der Waals surface area contributed by atoms with Crippen LogP contribution in [0.2, 0.25) is 0 Å². The van der Waals surface area contributed by atoms with Crippen LogP contribution in [0.1, 0.15) is 30.1 Å². The molecule has 2 aromatic carbocycles. The van der Waals surface area contributed by atoms with Gasteiger partial charge in [0.2, 0.25) is 5.91 Å². The van der Waals surface area contributed by atoms with Crippen molar-refractivity contribution in [2.75, 3.05) is 18.1 Å². The number of hydrogen-bond acceptors (Lipinski definition) is 4. The molecule has 6 heteroatoms. The smallest absolute Gasteiger partial charge is 0.329 e. The van der Waals surface area contributed by atoms with Gasteiger partial charge in [-0.05, 0) is 35.5 Å². The van der Waals surface area contributed by atoms with Crippen molar-refractivity contribution in [3.8, 4) is 0 Å². The quantitative estimate of drug-likeness (QED) is 0.765. The first-order chi connectivity index (χ1) is 13.1. The zero-order valence-electron chi connectivity index (χ0n) is 15.0. The Labute approximate surface area is 163 Å². The van der Waals surface area contributed by atoms with Gasteiger partial charge in [0.25, 0.3) is 0 Å². The first-order valence-corrected chi connectivity index (χ1v) is 10.1. The van der Waals surface area contributed by atoms with E-state index in [2.05, 4.69) is 5.32 Å². The fourth-order valence-corrected chi connectivity index (χ4v) is 4.40. The zero-order chi connectivity index (χ0) is 19.1. The van der Waals surface area contributed by atoms with Crippen LogP contribution in [-0.4, -0.2) is 40.6 Å². The molecule has 0 aromatic heterocycles. The highest BCUT2D eigenvalue weighted by molar-refractivity contribution is 7.99. The van der Waals surface area contributed by atoms with E-state index in [0.29, 0.717) is 12.8 Å². The van der Waals surface area contributed by atoms with Crippen molar-refractivity contribution in [2.24, 2.45) is 0 Å². The van der Waals surface area contributed by atoms with Crippen LogP contribution in [0.4, 0.5) is 0 Å². The molecule has 0 saturated carbocycles. The highest BCUT2D eigenvalue weighted by Gasteiger charge is 2.41. The Balaban J connectivity index is 1.70. The van der Waals surface area contributed by atoms with Gasteiger partial charge in [-0.15, -0.1) is 0 Å². The van der Waals surface area contributed by atoms with Crippen molar-refractivity contribution in [1.82, 2.24) is 5.32 Å². The third-order valence-corrected chi connectivity index (χ3v) is 5.71. The Hall–Kier alpha value is -2.31. The number of carboxylic acid groups (broad SMARTS) is 1. The van der Waals surface area contributed by atoms with Gasteiger partial charge in [0.15, 0.2) is 0 Å². The number of carbonyl (C=O) groups is 2. The van der Waals surface area contributed by atoms with Crippen LogP contribution in [0.3, 0.4) is 0 Å². The first-order valence-electron chi connectivity index (χ1n) is 8.94. The molecular formula is C21H23NO4S. The summed E-state index contributed by atoms with van der Waals surface area (Å²) in [5, 5.41) is 12.3. The van der Waals surface area contributed by atoms with Crippen LogP contribution in [0, 0.1) is 0 Å². The first kappa shape index (κ1) is 19.5. The Morgan fingerprint density at radius 2 is 1.52 bits per heavy atom. The molecule has 1 amide bonds. The second-order valence-electron chi connectivity index (χ2n) is 6.56. The van der Waals surface area contributed by atoms with Crippen molar-refractivity contribution >= 4 is 23.6 Å². The largest absolute Gasteiger partial charge is 0.480 e. The molecule has 5 nitrogen and oxygen atoms in total. The topological polar surface area (TPSA) is 75.6 Å². The van der Waals surface area contributed by atoms with E-state index >= 15 is 0 Å². The minimum Gasteiger partial charge on any atom is -0.480 e. The molecule has 1 heterocycles. The summed E-state index contributed by atoms with van der Waals surface area (Å²) in [6.45, 7) is -0.198. The maximum Gasteiger partial charge on any atom is 0.329 e. The maximum absolute atomic E-state index is 12.5. The number of aliphatic carboxylic acids is 1. The predicted octanol–water partition coefficient (Wildman–Crippen LogP) is 3.26. The van der Waals surface area contributed by atoms with E-state index in [0.717, 1.165) is 22.6 Å². The van der Waals surface area contributed by atoms with Crippen LogP contribution < -0.4 is 5.32 Å². The van der Waals surface area contributed by atoms with Crippen LogP contribution in [0.15, 0.2) is 60.7 Å². The molecule has 0 radical (unpaired) electrons. The van der Waals surface area contributed by atoms with E-state index < -0.39 is 17.4 Å². The number of thioether (sulfide) groups is 1. The lowest BCUT2D eigenvalue weighted by Crippen LogP contribution is -2.57. The molecular weight excluding hydrogens is 362 g/mol. The number of ether oxygens (including phenoxy) is 1. The average molecular weight is 385 g/mol. The molecule has 2 N–H and O–H groups in total. The fourth-order valence-electron chi connectivity index (χ4n) is 3.21. The summed E-state index contributed by atoms with van der Waals surface area (Å²) in [4.78, 5) is 24.2. The van der Waals surface area contributed by atoms with E-state index in [4.69, 9.17) is 4.74 Å². The number of benzene rings is 2. The lowest BCUT2D eigenvalue weighted by Gasteiger charge is -2.33. The molecule has 0 aliphatic carbocycles. The SMILES string of the molecule is O=C(COC(c1ccccc1)c1ccccc1)NC1(C(=O)O)CCSCC1. The van der Waals surface area contributed by atoms with Gasteiger partial charge in [0.1, 0.15) is 18.2 Å². The van der Waals surface area contributed by atoms with Crippen molar-refractivity contribution in [1.29, 1.82) is 0 Å². The van der Waals surface area contributed by atoms with Gasteiger partial charge < -0.3 is 15.2 Å². The molecule has 0 atom stereocenters. The summed E-state index contributed by atoms with van der Waals surface area (Å²) in [5.41, 5.74) is 0.706. The molecule has 1 aliphatic rings. The number of nitrogens with one attached hydrogen (secondary N) is 1. The van der Waals surface area contributed by atoms with Crippen molar-refractivity contribution < 1.29 is 19.4 Å². The van der Waals surface area contributed by atoms with E-state index in [1.807, 2.05) is 60.7 Å². The zero-order valence-corrected chi connectivity index (χ0v) is 15.8. The highest BCUT2D eigenvalue weighted by Crippen LogP contribution is 2.28. The third kappa shape index (κ3) is 4.90. The van der Waals surface area contributed by atoms with Crippen LogP contribution >= 0.6 is 11.8 Å². The second kappa shape index (κ2) is 9.06. The molecule has 0 spiro atoms. The Morgan fingerprint density at radius 1 is 1.00 bits per heavy atom. The summed E-state index contributed by atoms with van der Waals surface area (Å²) >= 11 is 1.71. The third-order valence-electron chi connectivity index (χ3n) is 4.72. The van der Waals surface area contributed by atoms with Gasteiger partial charge in [-0.1, -0.05) is 60.7 Å². The molecule has 0 bridgehead atoms. The summed E-state index contributed by atoms with van der Waals surface area (Å²) in [6.07, 6.45) is 0.472. The van der Waals surface area contributed by atoms with Crippen molar-refractivity contribution in [3.63, 3.8) is 0 Å². The second-order valence-corrected chi connectivity index (χ2v) is 7.78.